The maximum atomic E-state index is 12.3. The zero-order valence-corrected chi connectivity index (χ0v) is 17.0. The van der Waals surface area contributed by atoms with Crippen molar-refractivity contribution in [3.05, 3.63) is 28.2 Å². The fourth-order valence-corrected chi connectivity index (χ4v) is 4.45. The number of nitrogens with two attached hydrogens (primary N) is 1. The molecule has 0 aliphatic carbocycles. The molecule has 1 fully saturated rings. The van der Waals surface area contributed by atoms with Gasteiger partial charge >= 0.3 is 0 Å². The third kappa shape index (κ3) is 5.49. The zero-order chi connectivity index (χ0) is 18.0. The van der Waals surface area contributed by atoms with Crippen molar-refractivity contribution in [3.63, 3.8) is 0 Å². The van der Waals surface area contributed by atoms with Crippen LogP contribution in [0.1, 0.15) is 53.0 Å². The molecule has 24 heavy (non-hydrogen) atoms. The molecule has 1 aromatic rings. The summed E-state index contributed by atoms with van der Waals surface area (Å²) in [5.41, 5.74) is 1.51. The highest BCUT2D eigenvalue weighted by Gasteiger charge is 2.42. The quantitative estimate of drug-likeness (QED) is 0.802. The van der Waals surface area contributed by atoms with Gasteiger partial charge in [-0.3, -0.25) is 4.79 Å². The van der Waals surface area contributed by atoms with Gasteiger partial charge in [0.25, 0.3) is 5.91 Å². The first-order valence-corrected chi connectivity index (χ1v) is 9.47. The molecule has 5 heteroatoms. The Morgan fingerprint density at radius 2 is 1.92 bits per heavy atom. The average Bonchev–Trinajstić information content (AvgIpc) is 2.42. The fourth-order valence-electron chi connectivity index (χ4n) is 3.91. The van der Waals surface area contributed by atoms with Gasteiger partial charge in [0.15, 0.2) is 6.61 Å². The molecule has 4 nitrogen and oxygen atoms in total. The Kier molecular flexibility index (Phi) is 5.97. The van der Waals surface area contributed by atoms with Crippen LogP contribution in [0.3, 0.4) is 0 Å². The average molecular weight is 398 g/mol. The Morgan fingerprint density at radius 3 is 2.46 bits per heavy atom. The third-order valence-electron chi connectivity index (χ3n) is 4.45. The number of aryl methyl sites for hydroxylation is 1. The lowest BCUT2D eigenvalue weighted by molar-refractivity contribution is -0.787. The van der Waals surface area contributed by atoms with Crippen LogP contribution in [-0.4, -0.2) is 29.6 Å². The number of halogens is 1. The number of quaternary nitrogens is 1. The smallest absolute Gasteiger partial charge is 0.258 e. The van der Waals surface area contributed by atoms with E-state index in [1.807, 2.05) is 18.2 Å². The Labute approximate surface area is 153 Å². The largest absolute Gasteiger partial charge is 0.483 e. The first kappa shape index (κ1) is 19.3. The van der Waals surface area contributed by atoms with E-state index in [9.17, 15) is 4.79 Å². The van der Waals surface area contributed by atoms with E-state index in [1.54, 1.807) is 0 Å². The van der Waals surface area contributed by atoms with Crippen LogP contribution in [-0.2, 0) is 11.2 Å². The number of ether oxygens (including phenoxy) is 1. The molecular formula is C19H30BrN2O2+. The second kappa shape index (κ2) is 7.44. The van der Waals surface area contributed by atoms with Crippen molar-refractivity contribution in [1.29, 1.82) is 0 Å². The number of piperidine rings is 1. The number of benzene rings is 1. The molecule has 1 amide bonds. The van der Waals surface area contributed by atoms with E-state index in [0.29, 0.717) is 5.75 Å². The summed E-state index contributed by atoms with van der Waals surface area (Å²) in [6.45, 7) is 11.1. The summed E-state index contributed by atoms with van der Waals surface area (Å²) in [6, 6.07) is 6.18. The third-order valence-corrected chi connectivity index (χ3v) is 5.07. The molecule has 1 aliphatic rings. The Morgan fingerprint density at radius 1 is 1.29 bits per heavy atom. The predicted octanol–water partition coefficient (Wildman–Crippen LogP) is 2.79. The van der Waals surface area contributed by atoms with E-state index in [4.69, 9.17) is 4.74 Å². The lowest BCUT2D eigenvalue weighted by Gasteiger charge is -2.43. The van der Waals surface area contributed by atoms with Gasteiger partial charge in [0, 0.05) is 18.9 Å². The van der Waals surface area contributed by atoms with Gasteiger partial charge in [-0.15, -0.1) is 0 Å². The highest BCUT2D eigenvalue weighted by Crippen LogP contribution is 2.26. The highest BCUT2D eigenvalue weighted by molar-refractivity contribution is 9.10. The van der Waals surface area contributed by atoms with Crippen molar-refractivity contribution < 1.29 is 14.8 Å². The van der Waals surface area contributed by atoms with Crippen LogP contribution in [0.4, 0.5) is 0 Å². The molecule has 3 N–H and O–H groups in total. The van der Waals surface area contributed by atoms with Crippen LogP contribution in [0.15, 0.2) is 22.7 Å². The molecule has 0 spiro atoms. The Hall–Kier alpha value is -1.07. The monoisotopic (exact) mass is 397 g/mol. The van der Waals surface area contributed by atoms with E-state index in [0.717, 1.165) is 23.7 Å². The van der Waals surface area contributed by atoms with Crippen molar-refractivity contribution in [2.45, 2.75) is 71.0 Å². The lowest BCUT2D eigenvalue weighted by atomic mass is 9.79. The van der Waals surface area contributed by atoms with Gasteiger partial charge in [-0.1, -0.05) is 13.0 Å². The molecule has 1 saturated heterocycles. The zero-order valence-electron chi connectivity index (χ0n) is 15.4. The summed E-state index contributed by atoms with van der Waals surface area (Å²) < 4.78 is 6.57. The highest BCUT2D eigenvalue weighted by atomic mass is 79.9. The SMILES string of the molecule is CCc1ccc(OCC(=O)NC2CC(C)(C)[NH2+]C(C)(C)C2)c(Br)c1. The summed E-state index contributed by atoms with van der Waals surface area (Å²) in [5, 5.41) is 5.55. The molecule has 2 rings (SSSR count). The minimum Gasteiger partial charge on any atom is -0.483 e. The van der Waals surface area contributed by atoms with Crippen LogP contribution in [0.5, 0.6) is 5.75 Å². The number of hydrogen-bond donors (Lipinski definition) is 2. The molecule has 0 aromatic heterocycles. The molecule has 0 radical (unpaired) electrons. The molecule has 134 valence electrons. The Bertz CT molecular complexity index is 583. The number of nitrogens with one attached hydrogen (secondary N) is 1. The van der Waals surface area contributed by atoms with E-state index in [1.165, 1.54) is 5.56 Å². The maximum Gasteiger partial charge on any atom is 0.258 e. The van der Waals surface area contributed by atoms with Crippen molar-refractivity contribution in [3.8, 4) is 5.75 Å². The van der Waals surface area contributed by atoms with Crippen molar-refractivity contribution in [2.75, 3.05) is 6.61 Å². The number of carbonyl (C=O) groups is 1. The van der Waals surface area contributed by atoms with Crippen LogP contribution in [0.2, 0.25) is 0 Å². The molecule has 1 aromatic carbocycles. The minimum atomic E-state index is -0.0556. The molecular weight excluding hydrogens is 368 g/mol. The molecule has 1 aliphatic heterocycles. The number of rotatable bonds is 5. The molecule has 0 atom stereocenters. The van der Waals surface area contributed by atoms with Gasteiger partial charge in [0.2, 0.25) is 0 Å². The van der Waals surface area contributed by atoms with Gasteiger partial charge in [-0.2, -0.15) is 0 Å². The van der Waals surface area contributed by atoms with Crippen LogP contribution < -0.4 is 15.4 Å². The van der Waals surface area contributed by atoms with E-state index in [2.05, 4.69) is 61.2 Å². The second-order valence-corrected chi connectivity index (χ2v) is 9.06. The Balaban J connectivity index is 1.89. The number of amides is 1. The summed E-state index contributed by atoms with van der Waals surface area (Å²) in [6.07, 6.45) is 2.91. The summed E-state index contributed by atoms with van der Waals surface area (Å²) in [4.78, 5) is 12.3. The first-order chi connectivity index (χ1) is 11.1. The molecule has 0 saturated carbocycles. The van der Waals surface area contributed by atoms with E-state index >= 15 is 0 Å². The fraction of sp³-hybridized carbons (Fsp3) is 0.632. The number of hydrogen-bond acceptors (Lipinski definition) is 2. The molecule has 0 bridgehead atoms. The minimum absolute atomic E-state index is 0.0468. The van der Waals surface area contributed by atoms with Crippen LogP contribution in [0, 0.1) is 0 Å². The van der Waals surface area contributed by atoms with Gasteiger partial charge in [-0.25, -0.2) is 0 Å². The lowest BCUT2D eigenvalue weighted by Crippen LogP contribution is -3.06. The first-order valence-electron chi connectivity index (χ1n) is 8.68. The topological polar surface area (TPSA) is 54.9 Å². The van der Waals surface area contributed by atoms with Crippen molar-refractivity contribution >= 4 is 21.8 Å². The summed E-state index contributed by atoms with van der Waals surface area (Å²) >= 11 is 3.51. The predicted molar refractivity (Wildman–Crippen MR) is 100 cm³/mol. The number of carbonyl (C=O) groups excluding carboxylic acids is 1. The summed E-state index contributed by atoms with van der Waals surface area (Å²) in [7, 11) is 0. The standard InChI is InChI=1S/C19H29BrN2O2/c1-6-13-7-8-16(15(20)9-13)24-12-17(23)21-14-10-18(2,3)22-19(4,5)11-14/h7-9,14,22H,6,10-12H2,1-5H3,(H,21,23)/p+1. The normalized spacial score (nSPS) is 19.8. The maximum absolute atomic E-state index is 12.3. The summed E-state index contributed by atoms with van der Waals surface area (Å²) in [5.74, 6) is 0.653. The van der Waals surface area contributed by atoms with Gasteiger partial charge < -0.3 is 15.4 Å². The van der Waals surface area contributed by atoms with Gasteiger partial charge in [-0.05, 0) is 67.7 Å². The van der Waals surface area contributed by atoms with Crippen molar-refractivity contribution in [1.82, 2.24) is 5.32 Å². The van der Waals surface area contributed by atoms with Crippen LogP contribution in [0.25, 0.3) is 0 Å². The van der Waals surface area contributed by atoms with E-state index in [-0.39, 0.29) is 29.6 Å². The van der Waals surface area contributed by atoms with E-state index < -0.39 is 0 Å². The van der Waals surface area contributed by atoms with Gasteiger partial charge in [0.05, 0.1) is 15.6 Å². The second-order valence-electron chi connectivity index (χ2n) is 8.20. The molecule has 1 heterocycles. The van der Waals surface area contributed by atoms with Crippen LogP contribution >= 0.6 is 15.9 Å². The van der Waals surface area contributed by atoms with Gasteiger partial charge in [0.1, 0.15) is 5.75 Å². The van der Waals surface area contributed by atoms with Crippen molar-refractivity contribution in [2.24, 2.45) is 0 Å². The molecule has 0 unspecified atom stereocenters.